The van der Waals surface area contributed by atoms with Gasteiger partial charge in [0, 0.05) is 37.4 Å². The van der Waals surface area contributed by atoms with Gasteiger partial charge in [-0.25, -0.2) is 0 Å². The molecule has 0 spiro atoms. The molecule has 1 aliphatic heterocycles. The number of piperazine rings is 1. The van der Waals surface area contributed by atoms with Gasteiger partial charge in [-0.2, -0.15) is 13.2 Å². The summed E-state index contributed by atoms with van der Waals surface area (Å²) < 4.78 is 38.7. The van der Waals surface area contributed by atoms with Crippen LogP contribution in [0.2, 0.25) is 0 Å². The summed E-state index contributed by atoms with van der Waals surface area (Å²) in [6.07, 6.45) is -4.42. The molecular formula is C19H18F3N3O3. The number of nitro benzene ring substituents is 1. The minimum atomic E-state index is -4.42. The number of halogens is 3. The fourth-order valence-electron chi connectivity index (χ4n) is 3.29. The number of carbonyl (C=O) groups excluding carboxylic acids is 1. The molecule has 1 heterocycles. The van der Waals surface area contributed by atoms with Crippen LogP contribution in [-0.2, 0) is 6.18 Å². The molecule has 0 radical (unpaired) electrons. The van der Waals surface area contributed by atoms with Crippen LogP contribution in [0.4, 0.5) is 24.5 Å². The summed E-state index contributed by atoms with van der Waals surface area (Å²) in [5.41, 5.74) is -0.0777. The topological polar surface area (TPSA) is 66.7 Å². The number of nitrogens with zero attached hydrogens (tertiary/aromatic N) is 3. The average molecular weight is 393 g/mol. The normalized spacial score (nSPS) is 14.9. The molecule has 0 atom stereocenters. The molecule has 6 nitrogen and oxygen atoms in total. The fraction of sp³-hybridized carbons (Fsp3) is 0.316. The van der Waals surface area contributed by atoms with E-state index in [0.717, 1.165) is 12.1 Å². The molecule has 148 valence electrons. The number of alkyl halides is 3. The zero-order valence-corrected chi connectivity index (χ0v) is 15.1. The third-order valence-electron chi connectivity index (χ3n) is 4.76. The number of para-hydroxylation sites is 1. The summed E-state index contributed by atoms with van der Waals surface area (Å²) >= 11 is 0. The molecular weight excluding hydrogens is 375 g/mol. The van der Waals surface area contributed by atoms with Gasteiger partial charge in [0.2, 0.25) is 0 Å². The van der Waals surface area contributed by atoms with E-state index in [2.05, 4.69) is 0 Å². The van der Waals surface area contributed by atoms with Crippen LogP contribution >= 0.6 is 0 Å². The highest BCUT2D eigenvalue weighted by atomic mass is 19.4. The third-order valence-corrected chi connectivity index (χ3v) is 4.76. The van der Waals surface area contributed by atoms with Crippen molar-refractivity contribution in [2.24, 2.45) is 0 Å². The van der Waals surface area contributed by atoms with Crippen LogP contribution in [0.15, 0.2) is 42.5 Å². The number of carbonyl (C=O) groups is 1. The van der Waals surface area contributed by atoms with E-state index in [9.17, 15) is 28.1 Å². The Morgan fingerprint density at radius 3 is 2.32 bits per heavy atom. The molecule has 0 bridgehead atoms. The van der Waals surface area contributed by atoms with Crippen LogP contribution < -0.4 is 4.90 Å². The first-order valence-corrected chi connectivity index (χ1v) is 8.64. The highest BCUT2D eigenvalue weighted by molar-refractivity contribution is 5.98. The van der Waals surface area contributed by atoms with E-state index < -0.39 is 22.6 Å². The largest absolute Gasteiger partial charge is 0.416 e. The van der Waals surface area contributed by atoms with Crippen molar-refractivity contribution in [2.75, 3.05) is 31.1 Å². The molecule has 2 aromatic rings. The SMILES string of the molecule is Cc1cccc(C(=O)N2CCN(c3cccc(C(F)(F)F)c3)CC2)c1[N+](=O)[O-]. The van der Waals surface area contributed by atoms with E-state index in [0.29, 0.717) is 24.3 Å². The Hall–Kier alpha value is -3.10. The molecule has 1 saturated heterocycles. The first kappa shape index (κ1) is 19.7. The molecule has 0 saturated carbocycles. The van der Waals surface area contributed by atoms with Gasteiger partial charge < -0.3 is 9.80 Å². The Morgan fingerprint density at radius 1 is 1.07 bits per heavy atom. The van der Waals surface area contributed by atoms with Crippen molar-refractivity contribution in [2.45, 2.75) is 13.1 Å². The number of hydrogen-bond acceptors (Lipinski definition) is 4. The van der Waals surface area contributed by atoms with Gasteiger partial charge in [0.05, 0.1) is 10.5 Å². The second kappa shape index (κ2) is 7.49. The Balaban J connectivity index is 1.74. The number of nitro groups is 1. The van der Waals surface area contributed by atoms with Crippen molar-refractivity contribution >= 4 is 17.3 Å². The maximum absolute atomic E-state index is 12.9. The lowest BCUT2D eigenvalue weighted by atomic mass is 10.1. The number of aryl methyl sites for hydroxylation is 1. The lowest BCUT2D eigenvalue weighted by molar-refractivity contribution is -0.385. The Morgan fingerprint density at radius 2 is 1.71 bits per heavy atom. The van der Waals surface area contributed by atoms with E-state index in [1.807, 2.05) is 0 Å². The summed E-state index contributed by atoms with van der Waals surface area (Å²) in [5, 5.41) is 11.3. The lowest BCUT2D eigenvalue weighted by Crippen LogP contribution is -2.49. The molecule has 28 heavy (non-hydrogen) atoms. The number of anilines is 1. The molecule has 3 rings (SSSR count). The third kappa shape index (κ3) is 3.92. The van der Waals surface area contributed by atoms with Crippen LogP contribution in [0.25, 0.3) is 0 Å². The van der Waals surface area contributed by atoms with Crippen molar-refractivity contribution in [3.8, 4) is 0 Å². The predicted octanol–water partition coefficient (Wildman–Crippen LogP) is 3.88. The van der Waals surface area contributed by atoms with Crippen LogP contribution in [0.1, 0.15) is 21.5 Å². The quantitative estimate of drug-likeness (QED) is 0.586. The van der Waals surface area contributed by atoms with Crippen molar-refractivity contribution in [3.63, 3.8) is 0 Å². The van der Waals surface area contributed by atoms with Gasteiger partial charge in [0.15, 0.2) is 0 Å². The van der Waals surface area contributed by atoms with Crippen molar-refractivity contribution in [3.05, 3.63) is 69.3 Å². The molecule has 2 aromatic carbocycles. The average Bonchev–Trinajstić information content (AvgIpc) is 2.66. The monoisotopic (exact) mass is 393 g/mol. The number of hydrogen-bond donors (Lipinski definition) is 0. The van der Waals surface area contributed by atoms with Gasteiger partial charge in [-0.15, -0.1) is 0 Å². The fourth-order valence-corrected chi connectivity index (χ4v) is 3.29. The van der Waals surface area contributed by atoms with Gasteiger partial charge in [-0.05, 0) is 31.2 Å². The molecule has 0 N–H and O–H groups in total. The van der Waals surface area contributed by atoms with Crippen LogP contribution in [0, 0.1) is 17.0 Å². The zero-order chi connectivity index (χ0) is 20.5. The van der Waals surface area contributed by atoms with Gasteiger partial charge in [0.25, 0.3) is 11.6 Å². The molecule has 1 amide bonds. The minimum Gasteiger partial charge on any atom is -0.368 e. The van der Waals surface area contributed by atoms with Gasteiger partial charge in [-0.3, -0.25) is 14.9 Å². The standard InChI is InChI=1S/C19H18F3N3O3/c1-13-4-2-7-16(17(13)25(27)28)18(26)24-10-8-23(9-11-24)15-6-3-5-14(12-15)19(20,21)22/h2-7,12H,8-11H2,1H3. The van der Waals surface area contributed by atoms with Gasteiger partial charge in [-0.1, -0.05) is 18.2 Å². The number of amides is 1. The van der Waals surface area contributed by atoms with E-state index >= 15 is 0 Å². The minimum absolute atomic E-state index is 0.0255. The summed E-state index contributed by atoms with van der Waals surface area (Å²) in [7, 11) is 0. The first-order chi connectivity index (χ1) is 13.2. The molecule has 0 aromatic heterocycles. The van der Waals surface area contributed by atoms with Crippen LogP contribution in [-0.4, -0.2) is 41.9 Å². The summed E-state index contributed by atoms with van der Waals surface area (Å²) in [6.45, 7) is 2.78. The molecule has 0 aliphatic carbocycles. The van der Waals surface area contributed by atoms with E-state index in [1.54, 1.807) is 30.0 Å². The van der Waals surface area contributed by atoms with Crippen molar-refractivity contribution < 1.29 is 22.9 Å². The maximum atomic E-state index is 12.9. The molecule has 9 heteroatoms. The summed E-state index contributed by atoms with van der Waals surface area (Å²) in [4.78, 5) is 26.8. The Bertz CT molecular complexity index is 907. The first-order valence-electron chi connectivity index (χ1n) is 8.64. The second-order valence-electron chi connectivity index (χ2n) is 6.56. The van der Waals surface area contributed by atoms with Gasteiger partial charge >= 0.3 is 6.18 Å². The number of rotatable bonds is 3. The lowest BCUT2D eigenvalue weighted by Gasteiger charge is -2.36. The summed E-state index contributed by atoms with van der Waals surface area (Å²) in [5.74, 6) is -0.445. The van der Waals surface area contributed by atoms with E-state index in [1.165, 1.54) is 17.0 Å². The maximum Gasteiger partial charge on any atom is 0.416 e. The molecule has 0 unspecified atom stereocenters. The van der Waals surface area contributed by atoms with Crippen molar-refractivity contribution in [1.29, 1.82) is 0 Å². The van der Waals surface area contributed by atoms with E-state index in [4.69, 9.17) is 0 Å². The van der Waals surface area contributed by atoms with Gasteiger partial charge in [0.1, 0.15) is 5.56 Å². The highest BCUT2D eigenvalue weighted by Gasteiger charge is 2.32. The van der Waals surface area contributed by atoms with Crippen LogP contribution in [0.5, 0.6) is 0 Å². The number of benzene rings is 2. The second-order valence-corrected chi connectivity index (χ2v) is 6.56. The van der Waals surface area contributed by atoms with Crippen molar-refractivity contribution in [1.82, 2.24) is 4.90 Å². The molecule has 1 aliphatic rings. The summed E-state index contributed by atoms with van der Waals surface area (Å²) in [6, 6.07) is 9.63. The predicted molar refractivity (Wildman–Crippen MR) is 97.4 cm³/mol. The van der Waals surface area contributed by atoms with E-state index in [-0.39, 0.29) is 24.3 Å². The smallest absolute Gasteiger partial charge is 0.368 e. The highest BCUT2D eigenvalue weighted by Crippen LogP contribution is 2.32. The van der Waals surface area contributed by atoms with Crippen LogP contribution in [0.3, 0.4) is 0 Å². The molecule has 1 fully saturated rings. The Kier molecular flexibility index (Phi) is 5.26. The zero-order valence-electron chi connectivity index (χ0n) is 15.1. The Labute approximate surface area is 159 Å².